The van der Waals surface area contributed by atoms with E-state index in [1.807, 2.05) is 50.2 Å². The molecule has 1 aliphatic rings. The quantitative estimate of drug-likeness (QED) is 0.784. The van der Waals surface area contributed by atoms with E-state index in [0.717, 1.165) is 5.56 Å². The number of urea groups is 1. The van der Waals surface area contributed by atoms with Gasteiger partial charge in [-0.15, -0.1) is 0 Å². The van der Waals surface area contributed by atoms with E-state index in [-0.39, 0.29) is 11.8 Å². The van der Waals surface area contributed by atoms with Gasteiger partial charge in [0.15, 0.2) is 11.5 Å². The summed E-state index contributed by atoms with van der Waals surface area (Å²) in [7, 11) is 1.73. The molecule has 3 amide bonds. The molecule has 7 heteroatoms. The molecule has 0 aliphatic carbocycles. The third-order valence-corrected chi connectivity index (χ3v) is 4.65. The lowest BCUT2D eigenvalue weighted by Gasteiger charge is -2.27. The first kappa shape index (κ1) is 20.5. The summed E-state index contributed by atoms with van der Waals surface area (Å²) in [6.45, 7) is 5.27. The van der Waals surface area contributed by atoms with E-state index >= 15 is 0 Å². The van der Waals surface area contributed by atoms with Crippen LogP contribution >= 0.6 is 0 Å². The number of likely N-dealkylation sites (N-methyl/N-ethyl adjacent to an activating group) is 1. The van der Waals surface area contributed by atoms with Crippen molar-refractivity contribution in [3.8, 4) is 11.5 Å². The lowest BCUT2D eigenvalue weighted by atomic mass is 10.0. The average Bonchev–Trinajstić information content (AvgIpc) is 2.72. The number of fused-ring (bicyclic) bond motifs is 1. The Balaban J connectivity index is 1.62. The zero-order valence-corrected chi connectivity index (χ0v) is 17.0. The van der Waals surface area contributed by atoms with Crippen LogP contribution < -0.4 is 20.1 Å². The Hall–Kier alpha value is -3.22. The van der Waals surface area contributed by atoms with Crippen LogP contribution in [-0.4, -0.2) is 43.1 Å². The van der Waals surface area contributed by atoms with Crippen LogP contribution in [0.5, 0.6) is 11.5 Å². The van der Waals surface area contributed by atoms with Gasteiger partial charge in [-0.3, -0.25) is 4.79 Å². The number of nitrogens with one attached hydrogen (secondary N) is 2. The van der Waals surface area contributed by atoms with Gasteiger partial charge in [0.2, 0.25) is 5.91 Å². The van der Waals surface area contributed by atoms with Gasteiger partial charge in [-0.25, -0.2) is 4.79 Å². The molecule has 0 radical (unpaired) electrons. The molecule has 154 valence electrons. The van der Waals surface area contributed by atoms with Crippen LogP contribution in [0.2, 0.25) is 0 Å². The highest BCUT2D eigenvalue weighted by atomic mass is 16.6. The smallest absolute Gasteiger partial charge is 0.319 e. The first-order valence-electron chi connectivity index (χ1n) is 9.70. The zero-order chi connectivity index (χ0) is 20.8. The Morgan fingerprint density at radius 1 is 1.03 bits per heavy atom. The van der Waals surface area contributed by atoms with E-state index < -0.39 is 12.1 Å². The highest BCUT2D eigenvalue weighted by molar-refractivity contribution is 5.93. The van der Waals surface area contributed by atoms with Gasteiger partial charge in [0.1, 0.15) is 19.3 Å². The van der Waals surface area contributed by atoms with Gasteiger partial charge in [0.25, 0.3) is 0 Å². The van der Waals surface area contributed by atoms with E-state index in [9.17, 15) is 9.59 Å². The molecule has 0 spiro atoms. The molecular formula is C22H27N3O4. The number of hydrogen-bond acceptors (Lipinski definition) is 4. The predicted molar refractivity (Wildman–Crippen MR) is 111 cm³/mol. The fourth-order valence-electron chi connectivity index (χ4n) is 3.12. The molecule has 2 N–H and O–H groups in total. The third kappa shape index (κ3) is 5.40. The Kier molecular flexibility index (Phi) is 6.59. The minimum atomic E-state index is -0.638. The van der Waals surface area contributed by atoms with Gasteiger partial charge >= 0.3 is 6.03 Å². The fourth-order valence-corrected chi connectivity index (χ4v) is 3.12. The second kappa shape index (κ2) is 9.32. The Labute approximate surface area is 171 Å². The van der Waals surface area contributed by atoms with Crippen LogP contribution in [0.25, 0.3) is 0 Å². The van der Waals surface area contributed by atoms with Crippen molar-refractivity contribution in [2.24, 2.45) is 5.92 Å². The van der Waals surface area contributed by atoms with Gasteiger partial charge in [-0.05, 0) is 35.7 Å². The van der Waals surface area contributed by atoms with Gasteiger partial charge in [-0.2, -0.15) is 0 Å². The molecule has 0 bridgehead atoms. The summed E-state index contributed by atoms with van der Waals surface area (Å²) >= 11 is 0. The summed E-state index contributed by atoms with van der Waals surface area (Å²) in [5, 5.41) is 5.55. The van der Waals surface area contributed by atoms with Crippen LogP contribution in [0.4, 0.5) is 10.5 Å². The Morgan fingerprint density at radius 2 is 1.72 bits per heavy atom. The van der Waals surface area contributed by atoms with Gasteiger partial charge in [0.05, 0.1) is 0 Å². The number of nitrogens with zero attached hydrogens (tertiary/aromatic N) is 1. The van der Waals surface area contributed by atoms with Crippen molar-refractivity contribution in [1.82, 2.24) is 10.2 Å². The monoisotopic (exact) mass is 397 g/mol. The molecule has 29 heavy (non-hydrogen) atoms. The maximum Gasteiger partial charge on any atom is 0.319 e. The zero-order valence-electron chi connectivity index (χ0n) is 17.0. The molecule has 1 heterocycles. The Morgan fingerprint density at radius 3 is 2.41 bits per heavy atom. The van der Waals surface area contributed by atoms with Gasteiger partial charge in [-0.1, -0.05) is 38.1 Å². The van der Waals surface area contributed by atoms with Crippen LogP contribution in [-0.2, 0) is 11.3 Å². The van der Waals surface area contributed by atoms with Crippen molar-refractivity contribution in [3.05, 3.63) is 54.1 Å². The van der Waals surface area contributed by atoms with Crippen molar-refractivity contribution in [1.29, 1.82) is 0 Å². The maximum absolute atomic E-state index is 13.0. The molecule has 1 unspecified atom stereocenters. The van der Waals surface area contributed by atoms with Crippen LogP contribution in [0.15, 0.2) is 48.5 Å². The van der Waals surface area contributed by atoms with Crippen molar-refractivity contribution >= 4 is 17.6 Å². The Bertz CT molecular complexity index is 854. The summed E-state index contributed by atoms with van der Waals surface area (Å²) in [4.78, 5) is 27.0. The van der Waals surface area contributed by atoms with Gasteiger partial charge in [0, 0.05) is 19.3 Å². The van der Waals surface area contributed by atoms with E-state index in [2.05, 4.69) is 10.6 Å². The lowest BCUT2D eigenvalue weighted by molar-refractivity contribution is -0.133. The van der Waals surface area contributed by atoms with E-state index in [1.165, 1.54) is 0 Å². The molecule has 0 aromatic heterocycles. The fraction of sp³-hybridized carbons (Fsp3) is 0.364. The summed E-state index contributed by atoms with van der Waals surface area (Å²) in [5.41, 5.74) is 1.60. The minimum Gasteiger partial charge on any atom is -0.486 e. The molecule has 7 nitrogen and oxygen atoms in total. The first-order chi connectivity index (χ1) is 13.9. The van der Waals surface area contributed by atoms with E-state index in [4.69, 9.17) is 9.47 Å². The van der Waals surface area contributed by atoms with Gasteiger partial charge < -0.3 is 25.0 Å². The number of para-hydroxylation sites is 1. The van der Waals surface area contributed by atoms with E-state index in [1.54, 1.807) is 24.1 Å². The molecule has 1 aliphatic heterocycles. The van der Waals surface area contributed by atoms with Crippen molar-refractivity contribution in [3.63, 3.8) is 0 Å². The minimum absolute atomic E-state index is 0.0632. The van der Waals surface area contributed by atoms with E-state index in [0.29, 0.717) is 36.9 Å². The normalized spacial score (nSPS) is 13.5. The molecule has 1 atom stereocenters. The largest absolute Gasteiger partial charge is 0.486 e. The number of rotatable bonds is 6. The molecule has 2 aromatic rings. The summed E-state index contributed by atoms with van der Waals surface area (Å²) in [6, 6.07) is 13.7. The molecule has 0 saturated heterocycles. The number of carbonyl (C=O) groups is 2. The van der Waals surface area contributed by atoms with Crippen molar-refractivity contribution in [2.45, 2.75) is 26.4 Å². The second-order valence-electron chi connectivity index (χ2n) is 7.36. The van der Waals surface area contributed by atoms with Crippen LogP contribution in [0.1, 0.15) is 19.4 Å². The standard InChI is InChI=1S/C22H27N3O4/c1-15(2)20(24-22(27)23-17-7-5-4-6-8-17)21(26)25(3)14-16-9-10-18-19(13-16)29-12-11-28-18/h4-10,13,15,20H,11-12,14H2,1-3H3,(H2,23,24,27). The first-order valence-corrected chi connectivity index (χ1v) is 9.70. The van der Waals surface area contributed by atoms with Crippen molar-refractivity contribution < 1.29 is 19.1 Å². The highest BCUT2D eigenvalue weighted by Crippen LogP contribution is 2.31. The molecular weight excluding hydrogens is 370 g/mol. The molecule has 0 saturated carbocycles. The van der Waals surface area contributed by atoms with Crippen LogP contribution in [0, 0.1) is 5.92 Å². The number of benzene rings is 2. The number of amides is 3. The lowest BCUT2D eigenvalue weighted by Crippen LogP contribution is -2.51. The topological polar surface area (TPSA) is 79.9 Å². The number of hydrogen-bond donors (Lipinski definition) is 2. The highest BCUT2D eigenvalue weighted by Gasteiger charge is 2.27. The molecule has 3 rings (SSSR count). The average molecular weight is 397 g/mol. The molecule has 2 aromatic carbocycles. The predicted octanol–water partition coefficient (Wildman–Crippen LogP) is 3.26. The summed E-state index contributed by atoms with van der Waals surface area (Å²) in [6.07, 6.45) is 0. The number of ether oxygens (including phenoxy) is 2. The number of anilines is 1. The third-order valence-electron chi connectivity index (χ3n) is 4.65. The summed E-state index contributed by atoms with van der Waals surface area (Å²) in [5.74, 6) is 1.19. The SMILES string of the molecule is CC(C)C(NC(=O)Nc1ccccc1)C(=O)N(C)Cc1ccc2c(c1)OCCO2. The van der Waals surface area contributed by atoms with Crippen molar-refractivity contribution in [2.75, 3.05) is 25.6 Å². The summed E-state index contributed by atoms with van der Waals surface area (Å²) < 4.78 is 11.1. The number of carbonyl (C=O) groups excluding carboxylic acids is 2. The second-order valence-corrected chi connectivity index (χ2v) is 7.36. The maximum atomic E-state index is 13.0. The molecule has 0 fully saturated rings. The van der Waals surface area contributed by atoms with Crippen LogP contribution in [0.3, 0.4) is 0 Å².